The molecule has 2 unspecified atom stereocenters. The SMILES string of the molecule is COC(=O)c1ccc(NC(=O)C(CF)N2CCC(c3cccc(OCc4ccc(C#N)cc4F)n3)CC2)c(NCC2CCO2)c1. The van der Waals surface area contributed by atoms with Gasteiger partial charge in [-0.05, 0) is 68.8 Å². The normalized spacial score (nSPS) is 17.4. The van der Waals surface area contributed by atoms with E-state index in [-0.39, 0.29) is 24.2 Å². The number of halogens is 2. The molecule has 45 heavy (non-hydrogen) atoms. The summed E-state index contributed by atoms with van der Waals surface area (Å²) in [5.41, 5.74) is 2.64. The average Bonchev–Trinajstić information content (AvgIpc) is 3.04. The van der Waals surface area contributed by atoms with Gasteiger partial charge < -0.3 is 24.8 Å². The number of pyridine rings is 1. The summed E-state index contributed by atoms with van der Waals surface area (Å²) in [6.07, 6.45) is 2.28. The van der Waals surface area contributed by atoms with Crippen molar-refractivity contribution in [3.8, 4) is 11.9 Å². The first kappa shape index (κ1) is 31.8. The maximum absolute atomic E-state index is 14.3. The molecule has 0 bridgehead atoms. The number of amides is 1. The fourth-order valence-corrected chi connectivity index (χ4v) is 5.39. The van der Waals surface area contributed by atoms with E-state index in [0.717, 1.165) is 12.1 Å². The number of nitriles is 1. The largest absolute Gasteiger partial charge is 0.473 e. The van der Waals surface area contributed by atoms with Gasteiger partial charge in [-0.25, -0.2) is 18.6 Å². The standard InChI is InChI=1S/C33H35F2N5O5/c1-43-33(42)23-7-8-28(29(16-23)37-19-25-11-14-44-25)39-32(41)30(17-34)40-12-9-22(10-13-40)27-3-2-4-31(38-27)45-20-24-6-5-21(18-36)15-26(24)35/h2-8,15-16,22,25,30,37H,9-14,17,19-20H2,1H3,(H,39,41). The lowest BCUT2D eigenvalue weighted by atomic mass is 9.92. The van der Waals surface area contributed by atoms with Crippen molar-refractivity contribution in [2.45, 2.75) is 43.9 Å². The molecular formula is C33H35F2N5O5. The lowest BCUT2D eigenvalue weighted by Gasteiger charge is -2.35. The molecule has 0 aliphatic carbocycles. The molecule has 2 saturated heterocycles. The van der Waals surface area contributed by atoms with Gasteiger partial charge in [-0.1, -0.05) is 12.1 Å². The van der Waals surface area contributed by atoms with E-state index in [1.165, 1.54) is 25.3 Å². The number of nitrogens with zero attached hydrogens (tertiary/aromatic N) is 3. The second kappa shape index (κ2) is 14.9. The van der Waals surface area contributed by atoms with Gasteiger partial charge >= 0.3 is 5.97 Å². The highest BCUT2D eigenvalue weighted by Crippen LogP contribution is 2.30. The number of rotatable bonds is 12. The van der Waals surface area contributed by atoms with Crippen LogP contribution < -0.4 is 15.4 Å². The Morgan fingerprint density at radius 2 is 1.93 bits per heavy atom. The van der Waals surface area contributed by atoms with Crippen LogP contribution in [0.2, 0.25) is 0 Å². The Balaban J connectivity index is 1.18. The third kappa shape index (κ3) is 7.92. The molecule has 5 rings (SSSR count). The number of methoxy groups -OCH3 is 1. The molecule has 0 saturated carbocycles. The number of hydrogen-bond donors (Lipinski definition) is 2. The predicted octanol–water partition coefficient (Wildman–Crippen LogP) is 4.81. The van der Waals surface area contributed by atoms with Crippen molar-refractivity contribution in [3.05, 3.63) is 82.8 Å². The molecule has 3 heterocycles. The zero-order valence-corrected chi connectivity index (χ0v) is 24.9. The van der Waals surface area contributed by atoms with Gasteiger partial charge in [0.05, 0.1) is 41.8 Å². The second-order valence-corrected chi connectivity index (χ2v) is 11.0. The molecular weight excluding hydrogens is 584 g/mol. The van der Waals surface area contributed by atoms with Crippen molar-refractivity contribution in [3.63, 3.8) is 0 Å². The van der Waals surface area contributed by atoms with Gasteiger partial charge in [0.2, 0.25) is 11.8 Å². The Morgan fingerprint density at radius 3 is 2.60 bits per heavy atom. The number of carbonyl (C=O) groups is 2. The lowest BCUT2D eigenvalue weighted by molar-refractivity contribution is -0.122. The van der Waals surface area contributed by atoms with Crippen molar-refractivity contribution in [1.29, 1.82) is 5.26 Å². The lowest BCUT2D eigenvalue weighted by Crippen LogP contribution is -2.48. The van der Waals surface area contributed by atoms with Gasteiger partial charge in [-0.2, -0.15) is 5.26 Å². The minimum atomic E-state index is -0.987. The van der Waals surface area contributed by atoms with Gasteiger partial charge in [-0.3, -0.25) is 9.69 Å². The van der Waals surface area contributed by atoms with Gasteiger partial charge in [0.15, 0.2) is 0 Å². The maximum atomic E-state index is 14.3. The zero-order chi connectivity index (χ0) is 31.8. The van der Waals surface area contributed by atoms with Gasteiger partial charge in [0.1, 0.15) is 25.1 Å². The number of alkyl halides is 1. The van der Waals surface area contributed by atoms with Crippen molar-refractivity contribution in [1.82, 2.24) is 9.88 Å². The molecule has 2 aromatic carbocycles. The Morgan fingerprint density at radius 1 is 1.13 bits per heavy atom. The minimum Gasteiger partial charge on any atom is -0.473 e. The fraction of sp³-hybridized carbons (Fsp3) is 0.394. The first-order valence-corrected chi connectivity index (χ1v) is 14.9. The number of benzene rings is 2. The van der Waals surface area contributed by atoms with Crippen molar-refractivity contribution < 1.29 is 32.6 Å². The molecule has 2 N–H and O–H groups in total. The van der Waals surface area contributed by atoms with Crippen molar-refractivity contribution in [2.24, 2.45) is 0 Å². The summed E-state index contributed by atoms with van der Waals surface area (Å²) in [5.74, 6) is -1.07. The molecule has 2 fully saturated rings. The van der Waals surface area contributed by atoms with E-state index in [0.29, 0.717) is 67.5 Å². The number of ether oxygens (including phenoxy) is 3. The Bertz CT molecular complexity index is 1550. The minimum absolute atomic E-state index is 0.0310. The Kier molecular flexibility index (Phi) is 10.5. The number of likely N-dealkylation sites (tertiary alicyclic amines) is 1. The van der Waals surface area contributed by atoms with Crippen LogP contribution in [0.3, 0.4) is 0 Å². The monoisotopic (exact) mass is 619 g/mol. The maximum Gasteiger partial charge on any atom is 0.337 e. The van der Waals surface area contributed by atoms with Gasteiger partial charge in [0.25, 0.3) is 0 Å². The van der Waals surface area contributed by atoms with Crippen LogP contribution >= 0.6 is 0 Å². The molecule has 236 valence electrons. The van der Waals surface area contributed by atoms with E-state index in [4.69, 9.17) is 19.5 Å². The van der Waals surface area contributed by atoms with Crippen molar-refractivity contribution >= 4 is 23.3 Å². The molecule has 1 aromatic heterocycles. The molecule has 3 aromatic rings. The van der Waals surface area contributed by atoms with Gasteiger partial charge in [0, 0.05) is 36.4 Å². The highest BCUT2D eigenvalue weighted by atomic mass is 19.1. The fourth-order valence-electron chi connectivity index (χ4n) is 5.39. The summed E-state index contributed by atoms with van der Waals surface area (Å²) in [6.45, 7) is 1.28. The third-order valence-corrected chi connectivity index (χ3v) is 8.15. The summed E-state index contributed by atoms with van der Waals surface area (Å²) < 4.78 is 44.6. The number of nitrogens with one attached hydrogen (secondary N) is 2. The molecule has 2 aliphatic heterocycles. The Labute approximate surface area is 260 Å². The van der Waals surface area contributed by atoms with Crippen molar-refractivity contribution in [2.75, 3.05) is 50.7 Å². The molecule has 0 radical (unpaired) electrons. The summed E-state index contributed by atoms with van der Waals surface area (Å²) in [6, 6.07) is 15.3. The van der Waals surface area contributed by atoms with E-state index in [2.05, 4.69) is 15.6 Å². The molecule has 2 aliphatic rings. The summed E-state index contributed by atoms with van der Waals surface area (Å²) in [4.78, 5) is 31.8. The van der Waals surface area contributed by atoms with Crippen LogP contribution in [0.4, 0.5) is 20.2 Å². The first-order chi connectivity index (χ1) is 21.9. The average molecular weight is 620 g/mol. The van der Waals surface area contributed by atoms with Crippen LogP contribution in [0.25, 0.3) is 0 Å². The molecule has 1 amide bonds. The number of carbonyl (C=O) groups excluding carboxylic acids is 2. The number of aromatic nitrogens is 1. The quantitative estimate of drug-likeness (QED) is 0.275. The molecule has 2 atom stereocenters. The van der Waals surface area contributed by atoms with E-state index in [1.54, 1.807) is 24.3 Å². The van der Waals surface area contributed by atoms with E-state index in [9.17, 15) is 18.4 Å². The smallest absolute Gasteiger partial charge is 0.337 e. The number of hydrogen-bond acceptors (Lipinski definition) is 9. The Hall–Kier alpha value is -4.60. The number of esters is 1. The zero-order valence-electron chi connectivity index (χ0n) is 24.9. The summed E-state index contributed by atoms with van der Waals surface area (Å²) >= 11 is 0. The van der Waals surface area contributed by atoms with Crippen LogP contribution in [0, 0.1) is 17.1 Å². The van der Waals surface area contributed by atoms with Crippen LogP contribution in [-0.4, -0.2) is 73.9 Å². The van der Waals surface area contributed by atoms with Crippen LogP contribution in [-0.2, 0) is 20.9 Å². The van der Waals surface area contributed by atoms with Crippen LogP contribution in [0.15, 0.2) is 54.6 Å². The topological polar surface area (TPSA) is 126 Å². The van der Waals surface area contributed by atoms with E-state index in [1.807, 2.05) is 23.1 Å². The highest BCUT2D eigenvalue weighted by Gasteiger charge is 2.31. The molecule has 12 heteroatoms. The van der Waals surface area contributed by atoms with E-state index >= 15 is 0 Å². The summed E-state index contributed by atoms with van der Waals surface area (Å²) in [5, 5.41) is 15.0. The highest BCUT2D eigenvalue weighted by molar-refractivity contribution is 5.99. The molecule has 0 spiro atoms. The van der Waals surface area contributed by atoms with Crippen LogP contribution in [0.5, 0.6) is 5.88 Å². The number of anilines is 2. The summed E-state index contributed by atoms with van der Waals surface area (Å²) in [7, 11) is 1.30. The first-order valence-electron chi connectivity index (χ1n) is 14.9. The third-order valence-electron chi connectivity index (χ3n) is 8.15. The predicted molar refractivity (Wildman–Crippen MR) is 162 cm³/mol. The van der Waals surface area contributed by atoms with Gasteiger partial charge in [-0.15, -0.1) is 0 Å². The molecule has 10 nitrogen and oxygen atoms in total. The van der Waals surface area contributed by atoms with Crippen LogP contribution in [0.1, 0.15) is 52.4 Å². The number of piperidine rings is 1. The van der Waals surface area contributed by atoms with E-state index < -0.39 is 30.4 Å². The second-order valence-electron chi connectivity index (χ2n) is 11.0.